The second-order valence-corrected chi connectivity index (χ2v) is 7.90. The summed E-state index contributed by atoms with van der Waals surface area (Å²) in [6.45, 7) is 6.52. The van der Waals surface area contributed by atoms with Crippen molar-refractivity contribution in [1.82, 2.24) is 9.80 Å². The zero-order valence-electron chi connectivity index (χ0n) is 16.6. The highest BCUT2D eigenvalue weighted by Crippen LogP contribution is 2.22. The smallest absolute Gasteiger partial charge is 0.253 e. The van der Waals surface area contributed by atoms with Gasteiger partial charge in [-0.25, -0.2) is 4.39 Å². The quantitative estimate of drug-likeness (QED) is 0.799. The molecule has 0 aliphatic carbocycles. The number of anilines is 1. The third kappa shape index (κ3) is 5.34. The molecule has 29 heavy (non-hydrogen) atoms. The fraction of sp³-hybridized carbons (Fsp3) is 0.364. The molecule has 1 N–H and O–H groups in total. The van der Waals surface area contributed by atoms with Crippen LogP contribution < -0.4 is 5.32 Å². The maximum Gasteiger partial charge on any atom is 0.253 e. The number of carbonyl (C=O) groups excluding carboxylic acids is 2. The SMILES string of the molecule is CC(C)C(=O)Nc1ccc(C(=O)N2CCN(Cc3c(F)cccc3Cl)CC2)cc1. The Morgan fingerprint density at radius 1 is 1.07 bits per heavy atom. The van der Waals surface area contributed by atoms with Crippen LogP contribution in [0.3, 0.4) is 0 Å². The molecule has 0 atom stereocenters. The normalized spacial score (nSPS) is 14.9. The van der Waals surface area contributed by atoms with Crippen LogP contribution in [-0.2, 0) is 11.3 Å². The van der Waals surface area contributed by atoms with Crippen LogP contribution in [0.1, 0.15) is 29.8 Å². The van der Waals surface area contributed by atoms with Crippen molar-refractivity contribution in [3.05, 3.63) is 64.4 Å². The van der Waals surface area contributed by atoms with Gasteiger partial charge in [0.15, 0.2) is 0 Å². The van der Waals surface area contributed by atoms with Crippen molar-refractivity contribution in [2.75, 3.05) is 31.5 Å². The van der Waals surface area contributed by atoms with Gasteiger partial charge in [-0.15, -0.1) is 0 Å². The van der Waals surface area contributed by atoms with Gasteiger partial charge in [-0.1, -0.05) is 31.5 Å². The number of amides is 2. The Bertz CT molecular complexity index is 858. The van der Waals surface area contributed by atoms with Crippen LogP contribution >= 0.6 is 11.6 Å². The summed E-state index contributed by atoms with van der Waals surface area (Å²) >= 11 is 6.11. The molecule has 1 saturated heterocycles. The summed E-state index contributed by atoms with van der Waals surface area (Å²) in [5.41, 5.74) is 1.75. The van der Waals surface area contributed by atoms with Gasteiger partial charge in [-0.3, -0.25) is 14.5 Å². The van der Waals surface area contributed by atoms with Gasteiger partial charge in [0, 0.05) is 60.5 Å². The highest BCUT2D eigenvalue weighted by Gasteiger charge is 2.23. The minimum absolute atomic E-state index is 0.0460. The molecule has 7 heteroatoms. The maximum absolute atomic E-state index is 14.0. The number of halogens is 2. The molecule has 1 fully saturated rings. The molecule has 1 aliphatic rings. The molecule has 2 aromatic rings. The molecule has 0 saturated carbocycles. The van der Waals surface area contributed by atoms with E-state index in [4.69, 9.17) is 11.6 Å². The summed E-state index contributed by atoms with van der Waals surface area (Å²) in [6, 6.07) is 11.6. The highest BCUT2D eigenvalue weighted by atomic mass is 35.5. The van der Waals surface area contributed by atoms with Crippen molar-refractivity contribution in [1.29, 1.82) is 0 Å². The number of nitrogens with one attached hydrogen (secondary N) is 1. The predicted molar refractivity (Wildman–Crippen MR) is 113 cm³/mol. The number of hydrogen-bond acceptors (Lipinski definition) is 3. The van der Waals surface area contributed by atoms with Crippen molar-refractivity contribution in [3.8, 4) is 0 Å². The van der Waals surface area contributed by atoms with E-state index in [2.05, 4.69) is 10.2 Å². The lowest BCUT2D eigenvalue weighted by Gasteiger charge is -2.35. The Kier molecular flexibility index (Phi) is 6.87. The average Bonchev–Trinajstić information content (AvgIpc) is 2.71. The van der Waals surface area contributed by atoms with E-state index in [1.54, 1.807) is 41.3 Å². The zero-order valence-corrected chi connectivity index (χ0v) is 17.4. The van der Waals surface area contributed by atoms with E-state index in [0.717, 1.165) is 0 Å². The van der Waals surface area contributed by atoms with Crippen molar-refractivity contribution in [3.63, 3.8) is 0 Å². The largest absolute Gasteiger partial charge is 0.336 e. The van der Waals surface area contributed by atoms with Crippen LogP contribution in [0.2, 0.25) is 5.02 Å². The molecule has 2 aromatic carbocycles. The molecule has 154 valence electrons. The topological polar surface area (TPSA) is 52.7 Å². The Hall–Kier alpha value is -2.44. The van der Waals surface area contributed by atoms with Gasteiger partial charge < -0.3 is 10.2 Å². The molecule has 0 spiro atoms. The standard InChI is InChI=1S/C22H25ClFN3O2/c1-15(2)21(28)25-17-8-6-16(7-9-17)22(29)27-12-10-26(11-13-27)14-18-19(23)4-3-5-20(18)24/h3-9,15H,10-14H2,1-2H3,(H,25,28). The predicted octanol–water partition coefficient (Wildman–Crippen LogP) is 4.03. The van der Waals surface area contributed by atoms with Crippen LogP contribution in [0.15, 0.2) is 42.5 Å². The number of piperazine rings is 1. The van der Waals surface area contributed by atoms with Gasteiger partial charge in [0.05, 0.1) is 0 Å². The monoisotopic (exact) mass is 417 g/mol. The first kappa shape index (κ1) is 21.3. The Balaban J connectivity index is 1.55. The minimum atomic E-state index is -0.305. The first-order valence-corrected chi connectivity index (χ1v) is 10.1. The Labute approximate surface area is 175 Å². The summed E-state index contributed by atoms with van der Waals surface area (Å²) in [7, 11) is 0. The van der Waals surface area contributed by atoms with E-state index in [1.165, 1.54) is 6.07 Å². The second kappa shape index (κ2) is 9.37. The lowest BCUT2D eigenvalue weighted by molar-refractivity contribution is -0.118. The number of carbonyl (C=O) groups is 2. The number of benzene rings is 2. The summed E-state index contributed by atoms with van der Waals surface area (Å²) in [5.74, 6) is -0.516. The van der Waals surface area contributed by atoms with Crippen molar-refractivity contribution < 1.29 is 14.0 Å². The zero-order chi connectivity index (χ0) is 21.0. The molecule has 1 aliphatic heterocycles. The van der Waals surface area contributed by atoms with Gasteiger partial charge in [-0.2, -0.15) is 0 Å². The van der Waals surface area contributed by atoms with Gasteiger partial charge in [0.2, 0.25) is 5.91 Å². The molecular formula is C22H25ClFN3O2. The van der Waals surface area contributed by atoms with Crippen molar-refractivity contribution in [2.24, 2.45) is 5.92 Å². The van der Waals surface area contributed by atoms with E-state index in [0.29, 0.717) is 54.6 Å². The molecule has 2 amide bonds. The van der Waals surface area contributed by atoms with Crippen LogP contribution in [-0.4, -0.2) is 47.8 Å². The summed E-state index contributed by atoms with van der Waals surface area (Å²) < 4.78 is 14.0. The molecule has 0 bridgehead atoms. The van der Waals surface area contributed by atoms with E-state index >= 15 is 0 Å². The summed E-state index contributed by atoms with van der Waals surface area (Å²) in [5, 5.41) is 3.24. The fourth-order valence-corrected chi connectivity index (χ4v) is 3.40. The number of nitrogens with zero attached hydrogens (tertiary/aromatic N) is 2. The van der Waals surface area contributed by atoms with Crippen molar-refractivity contribution >= 4 is 29.1 Å². The second-order valence-electron chi connectivity index (χ2n) is 7.49. The van der Waals surface area contributed by atoms with Crippen LogP contribution in [0.4, 0.5) is 10.1 Å². The first-order chi connectivity index (χ1) is 13.8. The number of rotatable bonds is 5. The van der Waals surface area contributed by atoms with Gasteiger partial charge in [0.1, 0.15) is 5.82 Å². The Morgan fingerprint density at radius 3 is 2.31 bits per heavy atom. The summed E-state index contributed by atoms with van der Waals surface area (Å²) in [6.07, 6.45) is 0. The first-order valence-electron chi connectivity index (χ1n) is 9.70. The molecule has 5 nitrogen and oxygen atoms in total. The lowest BCUT2D eigenvalue weighted by atomic mass is 10.1. The highest BCUT2D eigenvalue weighted by molar-refractivity contribution is 6.31. The Morgan fingerprint density at radius 2 is 1.72 bits per heavy atom. The van der Waals surface area contributed by atoms with E-state index < -0.39 is 0 Å². The molecular weight excluding hydrogens is 393 g/mol. The van der Waals surface area contributed by atoms with Gasteiger partial charge >= 0.3 is 0 Å². The molecule has 1 heterocycles. The average molecular weight is 418 g/mol. The van der Waals surface area contributed by atoms with E-state index in [-0.39, 0.29) is 23.5 Å². The van der Waals surface area contributed by atoms with E-state index in [9.17, 15) is 14.0 Å². The third-order valence-corrected chi connectivity index (χ3v) is 5.38. The van der Waals surface area contributed by atoms with E-state index in [1.807, 2.05) is 13.8 Å². The maximum atomic E-state index is 14.0. The minimum Gasteiger partial charge on any atom is -0.336 e. The fourth-order valence-electron chi connectivity index (χ4n) is 3.18. The van der Waals surface area contributed by atoms with Crippen LogP contribution in [0.5, 0.6) is 0 Å². The molecule has 0 unspecified atom stereocenters. The van der Waals surface area contributed by atoms with Gasteiger partial charge in [-0.05, 0) is 36.4 Å². The van der Waals surface area contributed by atoms with Crippen LogP contribution in [0.25, 0.3) is 0 Å². The third-order valence-electron chi connectivity index (χ3n) is 5.03. The van der Waals surface area contributed by atoms with Crippen molar-refractivity contribution in [2.45, 2.75) is 20.4 Å². The number of hydrogen-bond donors (Lipinski definition) is 1. The summed E-state index contributed by atoms with van der Waals surface area (Å²) in [4.78, 5) is 28.4. The van der Waals surface area contributed by atoms with Crippen LogP contribution in [0, 0.1) is 11.7 Å². The molecule has 0 radical (unpaired) electrons. The lowest BCUT2D eigenvalue weighted by Crippen LogP contribution is -2.48. The molecule has 3 rings (SSSR count). The molecule has 0 aromatic heterocycles. The van der Waals surface area contributed by atoms with Gasteiger partial charge in [0.25, 0.3) is 5.91 Å².